The van der Waals surface area contributed by atoms with E-state index in [9.17, 15) is 0 Å². The summed E-state index contributed by atoms with van der Waals surface area (Å²) in [6, 6.07) is 14.9. The fourth-order valence-electron chi connectivity index (χ4n) is 1.74. The molecule has 0 spiro atoms. The molecule has 0 atom stereocenters. The van der Waals surface area contributed by atoms with Crippen LogP contribution in [0.5, 0.6) is 17.2 Å². The molecule has 0 aliphatic carbocycles. The molecule has 0 aromatic heterocycles. The van der Waals surface area contributed by atoms with Crippen molar-refractivity contribution in [2.45, 2.75) is 13.3 Å². The van der Waals surface area contributed by atoms with Crippen LogP contribution in [0.2, 0.25) is 0 Å². The minimum atomic E-state index is 0.484. The molecule has 4 nitrogen and oxygen atoms in total. The van der Waals surface area contributed by atoms with Crippen molar-refractivity contribution >= 4 is 5.69 Å². The Bertz CT molecular complexity index is 523. The fraction of sp³-hybridized carbons (Fsp3) is 0.294. The highest BCUT2D eigenvalue weighted by molar-refractivity contribution is 5.41. The van der Waals surface area contributed by atoms with Gasteiger partial charge in [-0.25, -0.2) is 0 Å². The van der Waals surface area contributed by atoms with Crippen LogP contribution >= 0.6 is 0 Å². The van der Waals surface area contributed by atoms with E-state index in [4.69, 9.17) is 19.9 Å². The van der Waals surface area contributed by atoms with Crippen LogP contribution in [-0.4, -0.2) is 19.8 Å². The van der Waals surface area contributed by atoms with Gasteiger partial charge in [0.05, 0.1) is 6.61 Å². The smallest absolute Gasteiger partial charge is 0.122 e. The molecule has 0 saturated carbocycles. The Kier molecular flexibility index (Phi) is 5.76. The van der Waals surface area contributed by atoms with Crippen molar-refractivity contribution in [1.82, 2.24) is 0 Å². The Balaban J connectivity index is 1.69. The van der Waals surface area contributed by atoms with Crippen LogP contribution < -0.4 is 19.9 Å². The van der Waals surface area contributed by atoms with Gasteiger partial charge in [0, 0.05) is 5.69 Å². The van der Waals surface area contributed by atoms with Gasteiger partial charge in [-0.15, -0.1) is 0 Å². The maximum atomic E-state index is 5.61. The van der Waals surface area contributed by atoms with E-state index in [2.05, 4.69) is 6.92 Å². The Morgan fingerprint density at radius 2 is 1.05 bits per heavy atom. The number of rotatable bonds is 8. The van der Waals surface area contributed by atoms with Crippen LogP contribution in [0, 0.1) is 0 Å². The molecule has 0 unspecified atom stereocenters. The van der Waals surface area contributed by atoms with Gasteiger partial charge < -0.3 is 19.9 Å². The Morgan fingerprint density at radius 3 is 1.48 bits per heavy atom. The van der Waals surface area contributed by atoms with Gasteiger partial charge >= 0.3 is 0 Å². The first-order chi connectivity index (χ1) is 10.3. The van der Waals surface area contributed by atoms with E-state index in [1.807, 2.05) is 48.5 Å². The van der Waals surface area contributed by atoms with Crippen LogP contribution in [0.15, 0.2) is 48.5 Å². The van der Waals surface area contributed by atoms with Crippen molar-refractivity contribution in [2.24, 2.45) is 0 Å². The Morgan fingerprint density at radius 1 is 0.667 bits per heavy atom. The lowest BCUT2D eigenvalue weighted by atomic mass is 10.3. The summed E-state index contributed by atoms with van der Waals surface area (Å²) < 4.78 is 16.7. The molecule has 0 radical (unpaired) electrons. The summed E-state index contributed by atoms with van der Waals surface area (Å²) in [5, 5.41) is 0. The zero-order chi connectivity index (χ0) is 14.9. The number of nitrogens with two attached hydrogens (primary N) is 1. The van der Waals surface area contributed by atoms with Gasteiger partial charge in [0.2, 0.25) is 0 Å². The van der Waals surface area contributed by atoms with Crippen molar-refractivity contribution in [3.8, 4) is 17.2 Å². The number of hydrogen-bond acceptors (Lipinski definition) is 4. The van der Waals surface area contributed by atoms with Crippen LogP contribution in [0.4, 0.5) is 5.69 Å². The zero-order valence-electron chi connectivity index (χ0n) is 12.2. The minimum Gasteiger partial charge on any atom is -0.494 e. The Hall–Kier alpha value is -2.36. The number of nitrogen functional groups attached to an aromatic ring is 1. The third kappa shape index (κ3) is 5.26. The molecule has 0 aliphatic heterocycles. The largest absolute Gasteiger partial charge is 0.494 e. The molecule has 0 heterocycles. The van der Waals surface area contributed by atoms with Gasteiger partial charge in [-0.2, -0.15) is 0 Å². The standard InChI is InChI=1S/C17H21NO3/c1-2-11-19-16-7-9-17(10-8-16)21-13-12-20-15-5-3-14(18)4-6-15/h3-10H,2,11-13,18H2,1H3. The van der Waals surface area contributed by atoms with Crippen molar-refractivity contribution < 1.29 is 14.2 Å². The summed E-state index contributed by atoms with van der Waals surface area (Å²) in [5.41, 5.74) is 6.34. The van der Waals surface area contributed by atoms with Crippen LogP contribution in [0.25, 0.3) is 0 Å². The summed E-state index contributed by atoms with van der Waals surface area (Å²) in [7, 11) is 0. The molecule has 2 N–H and O–H groups in total. The molecular weight excluding hydrogens is 266 g/mol. The predicted octanol–water partition coefficient (Wildman–Crippen LogP) is 3.52. The molecule has 0 aliphatic rings. The molecule has 2 aromatic rings. The second kappa shape index (κ2) is 8.04. The average Bonchev–Trinajstić information content (AvgIpc) is 2.52. The first kappa shape index (κ1) is 15.0. The molecule has 4 heteroatoms. The molecule has 2 aromatic carbocycles. The monoisotopic (exact) mass is 287 g/mol. The molecule has 0 bridgehead atoms. The highest BCUT2D eigenvalue weighted by Gasteiger charge is 1.97. The average molecular weight is 287 g/mol. The van der Waals surface area contributed by atoms with E-state index in [1.54, 1.807) is 0 Å². The fourth-order valence-corrected chi connectivity index (χ4v) is 1.74. The molecular formula is C17H21NO3. The first-order valence-electron chi connectivity index (χ1n) is 7.12. The second-order valence-corrected chi connectivity index (χ2v) is 4.59. The van der Waals surface area contributed by atoms with Gasteiger partial charge in [-0.1, -0.05) is 6.92 Å². The SMILES string of the molecule is CCCOc1ccc(OCCOc2ccc(N)cc2)cc1. The van der Waals surface area contributed by atoms with Gasteiger partial charge in [0.1, 0.15) is 30.5 Å². The van der Waals surface area contributed by atoms with Gasteiger partial charge in [0.15, 0.2) is 0 Å². The minimum absolute atomic E-state index is 0.484. The normalized spacial score (nSPS) is 10.1. The molecule has 21 heavy (non-hydrogen) atoms. The van der Waals surface area contributed by atoms with Crippen molar-refractivity contribution in [3.63, 3.8) is 0 Å². The van der Waals surface area contributed by atoms with Gasteiger partial charge in [0.25, 0.3) is 0 Å². The van der Waals surface area contributed by atoms with Crippen molar-refractivity contribution in [1.29, 1.82) is 0 Å². The van der Waals surface area contributed by atoms with Crippen LogP contribution in [0.1, 0.15) is 13.3 Å². The van der Waals surface area contributed by atoms with Crippen molar-refractivity contribution in [3.05, 3.63) is 48.5 Å². The lowest BCUT2D eigenvalue weighted by molar-refractivity contribution is 0.217. The zero-order valence-corrected chi connectivity index (χ0v) is 12.2. The maximum Gasteiger partial charge on any atom is 0.122 e. The maximum absolute atomic E-state index is 5.61. The number of hydrogen-bond donors (Lipinski definition) is 1. The summed E-state index contributed by atoms with van der Waals surface area (Å²) in [4.78, 5) is 0. The van der Waals surface area contributed by atoms with E-state index < -0.39 is 0 Å². The number of benzene rings is 2. The summed E-state index contributed by atoms with van der Waals surface area (Å²) >= 11 is 0. The molecule has 2 rings (SSSR count). The van der Waals surface area contributed by atoms with E-state index in [1.165, 1.54) is 0 Å². The predicted molar refractivity (Wildman–Crippen MR) is 84.1 cm³/mol. The van der Waals surface area contributed by atoms with E-state index in [0.717, 1.165) is 36.0 Å². The molecule has 112 valence electrons. The van der Waals surface area contributed by atoms with E-state index >= 15 is 0 Å². The highest BCUT2D eigenvalue weighted by Crippen LogP contribution is 2.18. The molecule has 0 fully saturated rings. The first-order valence-corrected chi connectivity index (χ1v) is 7.12. The highest BCUT2D eigenvalue weighted by atomic mass is 16.5. The van der Waals surface area contributed by atoms with Gasteiger partial charge in [-0.3, -0.25) is 0 Å². The summed E-state index contributed by atoms with van der Waals surface area (Å²) in [6.07, 6.45) is 1.00. The van der Waals surface area contributed by atoms with Crippen molar-refractivity contribution in [2.75, 3.05) is 25.6 Å². The molecule has 0 amide bonds. The quantitative estimate of drug-likeness (QED) is 0.596. The van der Waals surface area contributed by atoms with E-state index in [0.29, 0.717) is 13.2 Å². The van der Waals surface area contributed by atoms with E-state index in [-0.39, 0.29) is 0 Å². The third-order valence-corrected chi connectivity index (χ3v) is 2.80. The molecule has 0 saturated heterocycles. The number of ether oxygens (including phenoxy) is 3. The third-order valence-electron chi connectivity index (χ3n) is 2.80. The summed E-state index contributed by atoms with van der Waals surface area (Å²) in [5.74, 6) is 2.46. The van der Waals surface area contributed by atoms with Gasteiger partial charge in [-0.05, 0) is 55.0 Å². The van der Waals surface area contributed by atoms with Crippen LogP contribution in [0.3, 0.4) is 0 Å². The topological polar surface area (TPSA) is 53.7 Å². The van der Waals surface area contributed by atoms with Crippen LogP contribution in [-0.2, 0) is 0 Å². The lowest BCUT2D eigenvalue weighted by Crippen LogP contribution is -2.09. The second-order valence-electron chi connectivity index (χ2n) is 4.59. The lowest BCUT2D eigenvalue weighted by Gasteiger charge is -2.09. The number of anilines is 1. The Labute approximate surface area is 125 Å². The summed E-state index contributed by atoms with van der Waals surface area (Å²) in [6.45, 7) is 3.78.